The molecule has 4 rings (SSSR count). The number of likely N-dealkylation sites (tertiary alicyclic amines) is 1. The zero-order chi connectivity index (χ0) is 21.6. The summed E-state index contributed by atoms with van der Waals surface area (Å²) in [7, 11) is 0. The number of nitrogens with zero attached hydrogens (tertiary/aromatic N) is 2. The molecular formula is C24H29FN2O3S. The molecule has 0 radical (unpaired) electrons. The van der Waals surface area contributed by atoms with Crippen LogP contribution in [-0.4, -0.2) is 66.5 Å². The molecule has 2 aromatic rings. The molecule has 2 aromatic carbocycles. The molecule has 5 nitrogen and oxygen atoms in total. The average molecular weight is 445 g/mol. The van der Waals surface area contributed by atoms with Crippen molar-refractivity contribution in [2.75, 3.05) is 39.5 Å². The summed E-state index contributed by atoms with van der Waals surface area (Å²) >= 11 is 1.72. The van der Waals surface area contributed by atoms with E-state index in [0.29, 0.717) is 39.5 Å². The maximum Gasteiger partial charge on any atom is 0.240 e. The van der Waals surface area contributed by atoms with E-state index < -0.39 is 0 Å². The lowest BCUT2D eigenvalue weighted by atomic mass is 10.1. The van der Waals surface area contributed by atoms with Crippen molar-refractivity contribution in [3.05, 3.63) is 59.9 Å². The van der Waals surface area contributed by atoms with Gasteiger partial charge < -0.3 is 14.4 Å². The van der Waals surface area contributed by atoms with Crippen molar-refractivity contribution in [3.8, 4) is 5.75 Å². The number of thioether (sulfide) groups is 1. The molecule has 2 saturated heterocycles. The molecule has 0 spiro atoms. The van der Waals surface area contributed by atoms with Crippen LogP contribution in [0.5, 0.6) is 5.75 Å². The maximum absolute atomic E-state index is 13.4. The van der Waals surface area contributed by atoms with Crippen LogP contribution in [0, 0.1) is 5.82 Å². The molecule has 0 saturated carbocycles. The highest BCUT2D eigenvalue weighted by atomic mass is 32.2. The van der Waals surface area contributed by atoms with Crippen LogP contribution in [0.25, 0.3) is 0 Å². The Bertz CT molecular complexity index is 873. The molecule has 0 N–H and O–H groups in total. The van der Waals surface area contributed by atoms with E-state index in [2.05, 4.69) is 11.0 Å². The van der Waals surface area contributed by atoms with E-state index in [0.717, 1.165) is 29.2 Å². The molecule has 0 aliphatic carbocycles. The number of amides is 1. The Morgan fingerprint density at radius 3 is 2.65 bits per heavy atom. The molecule has 2 heterocycles. The second kappa shape index (κ2) is 10.5. The summed E-state index contributed by atoms with van der Waals surface area (Å²) in [6, 6.07) is 14.5. The van der Waals surface area contributed by atoms with Gasteiger partial charge in [0.15, 0.2) is 0 Å². The van der Waals surface area contributed by atoms with Gasteiger partial charge in [-0.15, -0.1) is 11.8 Å². The van der Waals surface area contributed by atoms with Gasteiger partial charge in [0.1, 0.15) is 11.6 Å². The maximum atomic E-state index is 13.4. The van der Waals surface area contributed by atoms with Gasteiger partial charge in [-0.1, -0.05) is 18.2 Å². The first-order valence-electron chi connectivity index (χ1n) is 10.9. The number of halogens is 1. The van der Waals surface area contributed by atoms with Gasteiger partial charge in [0.2, 0.25) is 5.91 Å². The number of carbonyl (C=O) groups is 1. The number of rotatable bonds is 7. The molecule has 2 atom stereocenters. The van der Waals surface area contributed by atoms with Crippen molar-refractivity contribution >= 4 is 17.7 Å². The van der Waals surface area contributed by atoms with Gasteiger partial charge >= 0.3 is 0 Å². The van der Waals surface area contributed by atoms with Gasteiger partial charge in [-0.05, 0) is 43.7 Å². The van der Waals surface area contributed by atoms with E-state index in [1.807, 2.05) is 42.2 Å². The van der Waals surface area contributed by atoms with Crippen LogP contribution < -0.4 is 4.74 Å². The third-order valence-electron chi connectivity index (χ3n) is 5.74. The fraction of sp³-hybridized carbons (Fsp3) is 0.458. The van der Waals surface area contributed by atoms with Crippen LogP contribution in [0.4, 0.5) is 4.39 Å². The Balaban J connectivity index is 1.52. The van der Waals surface area contributed by atoms with E-state index in [9.17, 15) is 9.18 Å². The zero-order valence-corrected chi connectivity index (χ0v) is 18.7. The van der Waals surface area contributed by atoms with Gasteiger partial charge in [0.05, 0.1) is 25.9 Å². The van der Waals surface area contributed by atoms with Crippen LogP contribution in [0.3, 0.4) is 0 Å². The predicted molar refractivity (Wildman–Crippen MR) is 120 cm³/mol. The van der Waals surface area contributed by atoms with Crippen molar-refractivity contribution < 1.29 is 18.7 Å². The smallest absolute Gasteiger partial charge is 0.240 e. The number of hydrogen-bond acceptors (Lipinski definition) is 5. The van der Waals surface area contributed by atoms with E-state index >= 15 is 0 Å². The molecule has 2 aliphatic rings. The highest BCUT2D eigenvalue weighted by molar-refractivity contribution is 8.00. The summed E-state index contributed by atoms with van der Waals surface area (Å²) < 4.78 is 24.5. The SMILES string of the molecule is CCOc1ccccc1CN1C[C@H](Sc2ccc(F)cc2)C[C@H]1C(=O)N1CCOCC1. The lowest BCUT2D eigenvalue weighted by molar-refractivity contribution is -0.140. The van der Waals surface area contributed by atoms with E-state index in [4.69, 9.17) is 9.47 Å². The fourth-order valence-corrected chi connectivity index (χ4v) is 5.45. The lowest BCUT2D eigenvalue weighted by Crippen LogP contribution is -2.49. The van der Waals surface area contributed by atoms with E-state index in [1.54, 1.807) is 11.8 Å². The van der Waals surface area contributed by atoms with Crippen molar-refractivity contribution in [1.29, 1.82) is 0 Å². The first-order chi connectivity index (χ1) is 15.1. The molecule has 2 aliphatic heterocycles. The summed E-state index contributed by atoms with van der Waals surface area (Å²) in [5.41, 5.74) is 1.09. The van der Waals surface area contributed by atoms with E-state index in [1.165, 1.54) is 12.1 Å². The largest absolute Gasteiger partial charge is 0.494 e. The first kappa shape index (κ1) is 22.1. The minimum absolute atomic E-state index is 0.175. The molecule has 166 valence electrons. The van der Waals surface area contributed by atoms with Gasteiger partial charge in [-0.2, -0.15) is 0 Å². The normalized spacial score (nSPS) is 21.9. The van der Waals surface area contributed by atoms with Crippen LogP contribution in [-0.2, 0) is 16.1 Å². The summed E-state index contributed by atoms with van der Waals surface area (Å²) in [5, 5.41) is 0.264. The van der Waals surface area contributed by atoms with Gasteiger partial charge in [0, 0.05) is 41.9 Å². The lowest BCUT2D eigenvalue weighted by Gasteiger charge is -2.32. The average Bonchev–Trinajstić information content (AvgIpc) is 3.19. The molecule has 0 bridgehead atoms. The van der Waals surface area contributed by atoms with Crippen LogP contribution in [0.15, 0.2) is 53.4 Å². The van der Waals surface area contributed by atoms with Crippen molar-refractivity contribution in [3.63, 3.8) is 0 Å². The summed E-state index contributed by atoms with van der Waals surface area (Å²) in [4.78, 5) is 18.6. The highest BCUT2D eigenvalue weighted by Crippen LogP contribution is 2.35. The van der Waals surface area contributed by atoms with Gasteiger partial charge in [-0.25, -0.2) is 4.39 Å². The molecular weight excluding hydrogens is 415 g/mol. The Labute approximate surface area is 187 Å². The third-order valence-corrected chi connectivity index (χ3v) is 6.95. The number of hydrogen-bond donors (Lipinski definition) is 0. The second-order valence-corrected chi connectivity index (χ2v) is 9.23. The van der Waals surface area contributed by atoms with Gasteiger partial charge in [0.25, 0.3) is 0 Å². The van der Waals surface area contributed by atoms with Crippen molar-refractivity contribution in [1.82, 2.24) is 9.80 Å². The summed E-state index contributed by atoms with van der Waals surface area (Å²) in [6.45, 7) is 6.53. The highest BCUT2D eigenvalue weighted by Gasteiger charge is 2.39. The molecule has 0 aromatic heterocycles. The van der Waals surface area contributed by atoms with Crippen LogP contribution in [0.1, 0.15) is 18.9 Å². The number of benzene rings is 2. The van der Waals surface area contributed by atoms with E-state index in [-0.39, 0.29) is 23.0 Å². The van der Waals surface area contributed by atoms with Crippen molar-refractivity contribution in [2.45, 2.75) is 36.1 Å². The third kappa shape index (κ3) is 5.59. The summed E-state index contributed by atoms with van der Waals surface area (Å²) in [6.07, 6.45) is 0.773. The minimum Gasteiger partial charge on any atom is -0.494 e. The number of ether oxygens (including phenoxy) is 2. The van der Waals surface area contributed by atoms with Crippen LogP contribution in [0.2, 0.25) is 0 Å². The number of para-hydroxylation sites is 1. The zero-order valence-electron chi connectivity index (χ0n) is 17.8. The molecule has 31 heavy (non-hydrogen) atoms. The predicted octanol–water partition coefficient (Wildman–Crippen LogP) is 3.82. The Morgan fingerprint density at radius 1 is 1.16 bits per heavy atom. The molecule has 0 unspecified atom stereocenters. The second-order valence-electron chi connectivity index (χ2n) is 7.85. The topological polar surface area (TPSA) is 42.0 Å². The number of morpholine rings is 1. The van der Waals surface area contributed by atoms with Crippen LogP contribution >= 0.6 is 11.8 Å². The summed E-state index contributed by atoms with van der Waals surface area (Å²) in [5.74, 6) is 0.821. The fourth-order valence-electron chi connectivity index (χ4n) is 4.23. The minimum atomic E-state index is -0.231. The molecule has 2 fully saturated rings. The molecule has 1 amide bonds. The number of carbonyl (C=O) groups excluding carboxylic acids is 1. The Morgan fingerprint density at radius 2 is 1.90 bits per heavy atom. The Kier molecular flexibility index (Phi) is 7.48. The monoisotopic (exact) mass is 444 g/mol. The first-order valence-corrected chi connectivity index (χ1v) is 11.8. The quantitative estimate of drug-likeness (QED) is 0.650. The molecule has 7 heteroatoms. The van der Waals surface area contributed by atoms with Gasteiger partial charge in [-0.3, -0.25) is 9.69 Å². The van der Waals surface area contributed by atoms with Crippen molar-refractivity contribution in [2.24, 2.45) is 0 Å². The Hall–Kier alpha value is -2.09. The standard InChI is InChI=1S/C24H29FN2O3S/c1-2-30-23-6-4-3-5-18(23)16-27-17-21(31-20-9-7-19(25)8-10-20)15-22(27)24(28)26-11-13-29-14-12-26/h3-10,21-22H,2,11-17H2,1H3/t21-,22+/m1/s1.